The monoisotopic (exact) mass is 442 g/mol. The molecule has 1 aromatic carbocycles. The molecule has 1 nitrogen and oxygen atoms in total. The quantitative estimate of drug-likeness (QED) is 0.550. The van der Waals surface area contributed by atoms with Crippen molar-refractivity contribution in [2.75, 3.05) is 0 Å². The summed E-state index contributed by atoms with van der Waals surface area (Å²) in [4.78, 5) is 13.6. The first kappa shape index (κ1) is 20.2. The van der Waals surface area contributed by atoms with Crippen LogP contribution in [0.15, 0.2) is 53.6 Å². The number of allylic oxidation sites excluding steroid dienone is 4. The minimum atomic E-state index is -0.160. The van der Waals surface area contributed by atoms with Crippen molar-refractivity contribution in [2.24, 2.45) is 28.6 Å². The van der Waals surface area contributed by atoms with Crippen molar-refractivity contribution in [1.82, 2.24) is 0 Å². The molecule has 4 rings (SSSR count). The maximum atomic E-state index is 13.6. The van der Waals surface area contributed by atoms with Gasteiger partial charge in [0.1, 0.15) is 0 Å². The summed E-state index contributed by atoms with van der Waals surface area (Å²) >= 11 is -0.0739. The normalized spacial score (nSPS) is 34.9. The van der Waals surface area contributed by atoms with Gasteiger partial charge in [-0.3, -0.25) is 0 Å². The van der Waals surface area contributed by atoms with Crippen molar-refractivity contribution in [2.45, 2.75) is 66.2 Å². The third-order valence-corrected chi connectivity index (χ3v) is 10.4. The van der Waals surface area contributed by atoms with Crippen LogP contribution in [0.1, 0.15) is 66.2 Å². The first-order chi connectivity index (χ1) is 13.3. The fourth-order valence-corrected chi connectivity index (χ4v) is 8.37. The van der Waals surface area contributed by atoms with Gasteiger partial charge in [-0.05, 0) is 0 Å². The molecular weight excluding hydrogens is 407 g/mol. The van der Waals surface area contributed by atoms with Gasteiger partial charge in [-0.2, -0.15) is 0 Å². The van der Waals surface area contributed by atoms with Crippen LogP contribution in [-0.4, -0.2) is 19.6 Å². The van der Waals surface area contributed by atoms with Gasteiger partial charge in [0.2, 0.25) is 0 Å². The van der Waals surface area contributed by atoms with Crippen LogP contribution in [0.5, 0.6) is 0 Å². The van der Waals surface area contributed by atoms with E-state index in [1.165, 1.54) is 30.1 Å². The molecule has 3 aliphatic carbocycles. The van der Waals surface area contributed by atoms with E-state index in [-0.39, 0.29) is 25.8 Å². The summed E-state index contributed by atoms with van der Waals surface area (Å²) < 4.78 is 1.75. The molecule has 2 heteroatoms. The molecule has 0 radical (unpaired) electrons. The van der Waals surface area contributed by atoms with Crippen molar-refractivity contribution in [1.29, 1.82) is 0 Å². The van der Waals surface area contributed by atoms with Crippen molar-refractivity contribution in [3.63, 3.8) is 0 Å². The van der Waals surface area contributed by atoms with Gasteiger partial charge < -0.3 is 0 Å². The Morgan fingerprint density at radius 3 is 2.61 bits per heavy atom. The van der Waals surface area contributed by atoms with E-state index < -0.39 is 0 Å². The second-order valence-corrected chi connectivity index (χ2v) is 12.1. The molecule has 1 fully saturated rings. The summed E-state index contributed by atoms with van der Waals surface area (Å²) in [5, 5.41) is 0. The van der Waals surface area contributed by atoms with Crippen LogP contribution >= 0.6 is 0 Å². The van der Waals surface area contributed by atoms with E-state index in [0.29, 0.717) is 22.4 Å². The van der Waals surface area contributed by atoms with Gasteiger partial charge in [-0.1, -0.05) is 0 Å². The molecule has 3 aliphatic rings. The molecule has 0 bridgehead atoms. The van der Waals surface area contributed by atoms with E-state index in [1.807, 2.05) is 6.07 Å². The van der Waals surface area contributed by atoms with Crippen LogP contribution < -0.4 is 4.46 Å². The molecular formula is C26H34OSe. The summed E-state index contributed by atoms with van der Waals surface area (Å²) in [6.45, 7) is 9.47. The first-order valence-corrected chi connectivity index (χ1v) is 12.7. The van der Waals surface area contributed by atoms with E-state index in [0.717, 1.165) is 12.8 Å². The second-order valence-electron chi connectivity index (χ2n) is 9.94. The Morgan fingerprint density at radius 2 is 1.89 bits per heavy atom. The molecule has 0 spiro atoms. The van der Waals surface area contributed by atoms with Crippen molar-refractivity contribution in [3.8, 4) is 0 Å². The van der Waals surface area contributed by atoms with Gasteiger partial charge in [0.15, 0.2) is 0 Å². The van der Waals surface area contributed by atoms with Crippen molar-refractivity contribution in [3.05, 3.63) is 53.6 Å². The molecule has 0 amide bonds. The Balaban J connectivity index is 1.64. The topological polar surface area (TPSA) is 17.1 Å². The zero-order chi connectivity index (χ0) is 19.9. The summed E-state index contributed by atoms with van der Waals surface area (Å²) in [5.41, 5.74) is 3.32. The van der Waals surface area contributed by atoms with Crippen molar-refractivity contribution >= 4 is 24.1 Å². The Morgan fingerprint density at radius 1 is 1.14 bits per heavy atom. The number of hydrogen-bond donors (Lipinski definition) is 0. The molecule has 0 unspecified atom stereocenters. The molecule has 28 heavy (non-hydrogen) atoms. The van der Waals surface area contributed by atoms with E-state index in [4.69, 9.17) is 0 Å². The predicted octanol–water partition coefficient (Wildman–Crippen LogP) is 5.68. The molecule has 0 aromatic heterocycles. The number of hydrogen-bond acceptors (Lipinski definition) is 1. The molecule has 4 atom stereocenters. The number of benzene rings is 1. The zero-order valence-corrected chi connectivity index (χ0v) is 19.5. The van der Waals surface area contributed by atoms with Gasteiger partial charge in [-0.15, -0.1) is 0 Å². The minimum absolute atomic E-state index is 0.0739. The van der Waals surface area contributed by atoms with Gasteiger partial charge in [0.05, 0.1) is 0 Å². The fourth-order valence-electron chi connectivity index (χ4n) is 6.30. The van der Waals surface area contributed by atoms with E-state index in [1.54, 1.807) is 11.1 Å². The molecule has 0 saturated heterocycles. The first-order valence-electron chi connectivity index (χ1n) is 11.0. The number of rotatable bonds is 4. The summed E-state index contributed by atoms with van der Waals surface area (Å²) in [7, 11) is 0. The molecule has 1 aromatic rings. The van der Waals surface area contributed by atoms with Crippen LogP contribution in [0.4, 0.5) is 0 Å². The predicted molar refractivity (Wildman–Crippen MR) is 119 cm³/mol. The van der Waals surface area contributed by atoms with Gasteiger partial charge in [-0.25, -0.2) is 0 Å². The van der Waals surface area contributed by atoms with E-state index >= 15 is 0 Å². The molecule has 1 saturated carbocycles. The fraction of sp³-hybridized carbons (Fsp3) is 0.577. The third-order valence-electron chi connectivity index (χ3n) is 8.00. The third kappa shape index (κ3) is 3.37. The van der Waals surface area contributed by atoms with Crippen LogP contribution in [0.25, 0.3) is 0 Å². The molecule has 0 N–H and O–H groups in total. The van der Waals surface area contributed by atoms with Gasteiger partial charge in [0, 0.05) is 0 Å². The van der Waals surface area contributed by atoms with Crippen LogP contribution in [0.3, 0.4) is 0 Å². The Kier molecular flexibility index (Phi) is 5.49. The summed E-state index contributed by atoms with van der Waals surface area (Å²) in [5.74, 6) is 1.79. The second kappa shape index (κ2) is 7.62. The van der Waals surface area contributed by atoms with E-state index in [2.05, 4.69) is 64.1 Å². The number of fused-ring (bicyclic) bond motifs is 3. The number of carbonyl (C=O) groups excluding carboxylic acids is 1. The molecule has 0 aliphatic heterocycles. The Labute approximate surface area is 177 Å². The average Bonchev–Trinajstić information content (AvgIpc) is 2.68. The maximum absolute atomic E-state index is 13.6. The van der Waals surface area contributed by atoms with Gasteiger partial charge >= 0.3 is 177 Å². The Hall–Kier alpha value is -1.11. The van der Waals surface area contributed by atoms with Crippen LogP contribution in [-0.2, 0) is 4.79 Å². The number of carbonyl (C=O) groups is 1. The van der Waals surface area contributed by atoms with Gasteiger partial charge in [0.25, 0.3) is 0 Å². The van der Waals surface area contributed by atoms with Crippen LogP contribution in [0.2, 0.25) is 0 Å². The standard InChI is InChI=1S/C26H34OSe/c1-18(2)19-11-13-22-20(17-19)12-14-23-25(22,3)15-8-16-26(23,4)24(27)28-21-9-6-5-7-10-21/h5-7,9-10,12,17-18,22-23H,8,11,13-16H2,1-4H3/t22-,23+,25+,26+/m0/s1. The SMILES string of the molecule is CC(C)C1=CC2=CC[C@@H]3[C@](C)(CCC[C@@]3(C)C(=O)[Se]c3ccccc3)[C@H]2CC1. The van der Waals surface area contributed by atoms with Crippen molar-refractivity contribution < 1.29 is 4.79 Å². The molecule has 150 valence electrons. The zero-order valence-electron chi connectivity index (χ0n) is 17.8. The molecule has 0 heterocycles. The Bertz CT molecular complexity index is 805. The summed E-state index contributed by atoms with van der Waals surface area (Å²) in [6.07, 6.45) is 12.2. The average molecular weight is 442 g/mol. The van der Waals surface area contributed by atoms with Crippen LogP contribution in [0, 0.1) is 28.6 Å². The summed E-state index contributed by atoms with van der Waals surface area (Å²) in [6, 6.07) is 10.4. The van der Waals surface area contributed by atoms with E-state index in [9.17, 15) is 4.79 Å².